The number of rotatable bonds is 6. The summed E-state index contributed by atoms with van der Waals surface area (Å²) in [7, 11) is -3.77. The Hall–Kier alpha value is -1.60. The first-order valence-electron chi connectivity index (χ1n) is 6.60. The molecule has 1 rings (SSSR count). The number of nitrogens with one attached hydrogen (secondary N) is 1. The van der Waals surface area contributed by atoms with E-state index in [1.54, 1.807) is 0 Å². The van der Waals surface area contributed by atoms with E-state index >= 15 is 0 Å². The van der Waals surface area contributed by atoms with E-state index in [0.29, 0.717) is 5.92 Å². The van der Waals surface area contributed by atoms with Crippen LogP contribution in [0.4, 0.5) is 5.69 Å². The molecule has 0 radical (unpaired) electrons. The molecular weight excluding hydrogens is 292 g/mol. The smallest absolute Gasteiger partial charge is 0.335 e. The Kier molecular flexibility index (Phi) is 5.01. The van der Waals surface area contributed by atoms with Crippen LogP contribution in [0.3, 0.4) is 0 Å². The minimum absolute atomic E-state index is 0.0473. The molecule has 0 unspecified atom stereocenters. The number of carboxylic acid groups (broad SMARTS) is 1. The molecule has 21 heavy (non-hydrogen) atoms. The highest BCUT2D eigenvalue weighted by Gasteiger charge is 2.26. The van der Waals surface area contributed by atoms with Crippen LogP contribution in [0.2, 0.25) is 0 Å². The molecule has 0 aliphatic carbocycles. The molecule has 0 saturated heterocycles. The van der Waals surface area contributed by atoms with E-state index in [4.69, 9.17) is 10.8 Å². The maximum Gasteiger partial charge on any atom is 0.335 e. The van der Waals surface area contributed by atoms with Crippen LogP contribution in [-0.4, -0.2) is 26.0 Å². The molecule has 1 aromatic carbocycles. The van der Waals surface area contributed by atoms with Crippen LogP contribution in [0.15, 0.2) is 23.1 Å². The lowest BCUT2D eigenvalue weighted by molar-refractivity contribution is 0.0697. The van der Waals surface area contributed by atoms with Gasteiger partial charge in [-0.1, -0.05) is 27.7 Å². The normalized spacial score (nSPS) is 12.6. The molecule has 0 saturated carbocycles. The Morgan fingerprint density at radius 3 is 2.38 bits per heavy atom. The molecule has 7 heteroatoms. The van der Waals surface area contributed by atoms with Gasteiger partial charge in [0.15, 0.2) is 0 Å². The highest BCUT2D eigenvalue weighted by Crippen LogP contribution is 2.26. The van der Waals surface area contributed by atoms with E-state index in [1.807, 2.05) is 27.7 Å². The zero-order valence-corrected chi connectivity index (χ0v) is 13.5. The summed E-state index contributed by atoms with van der Waals surface area (Å²) in [6, 6.07) is 3.58. The Balaban J connectivity index is 3.02. The highest BCUT2D eigenvalue weighted by molar-refractivity contribution is 7.89. The average Bonchev–Trinajstić information content (AvgIpc) is 2.36. The summed E-state index contributed by atoms with van der Waals surface area (Å²) in [4.78, 5) is 10.7. The minimum Gasteiger partial charge on any atom is -0.478 e. The summed E-state index contributed by atoms with van der Waals surface area (Å²) in [5, 5.41) is 8.85. The Morgan fingerprint density at radius 2 is 1.95 bits per heavy atom. The van der Waals surface area contributed by atoms with Crippen molar-refractivity contribution in [3.63, 3.8) is 0 Å². The number of hydrogen-bond acceptors (Lipinski definition) is 4. The fourth-order valence-electron chi connectivity index (χ4n) is 1.49. The van der Waals surface area contributed by atoms with Gasteiger partial charge in [-0.25, -0.2) is 17.9 Å². The van der Waals surface area contributed by atoms with Crippen LogP contribution in [-0.2, 0) is 10.0 Å². The van der Waals surface area contributed by atoms with Crippen molar-refractivity contribution in [3.05, 3.63) is 23.8 Å². The second-order valence-electron chi connectivity index (χ2n) is 6.03. The van der Waals surface area contributed by atoms with E-state index in [2.05, 4.69) is 4.72 Å². The summed E-state index contributed by atoms with van der Waals surface area (Å²) in [6.07, 6.45) is 0. The largest absolute Gasteiger partial charge is 0.478 e. The molecule has 0 heterocycles. The van der Waals surface area contributed by atoms with Crippen LogP contribution in [0, 0.1) is 11.3 Å². The third kappa shape index (κ3) is 4.18. The fourth-order valence-corrected chi connectivity index (χ4v) is 2.82. The number of carbonyl (C=O) groups is 1. The summed E-state index contributed by atoms with van der Waals surface area (Å²) in [5.41, 5.74) is 5.33. The quantitative estimate of drug-likeness (QED) is 0.695. The summed E-state index contributed by atoms with van der Waals surface area (Å²) >= 11 is 0. The first-order chi connectivity index (χ1) is 9.47. The number of nitrogens with two attached hydrogens (primary N) is 1. The van der Waals surface area contributed by atoms with Crippen molar-refractivity contribution in [1.82, 2.24) is 4.72 Å². The number of anilines is 1. The van der Waals surface area contributed by atoms with Crippen LogP contribution < -0.4 is 10.5 Å². The van der Waals surface area contributed by atoms with Gasteiger partial charge in [0.05, 0.1) is 11.3 Å². The number of benzene rings is 1. The van der Waals surface area contributed by atoms with Crippen LogP contribution in [0.25, 0.3) is 0 Å². The molecule has 0 aliphatic heterocycles. The van der Waals surface area contributed by atoms with Crippen molar-refractivity contribution in [3.8, 4) is 0 Å². The third-order valence-corrected chi connectivity index (χ3v) is 5.30. The molecule has 0 atom stereocenters. The fraction of sp³-hybridized carbons (Fsp3) is 0.500. The van der Waals surface area contributed by atoms with E-state index < -0.39 is 16.0 Å². The Morgan fingerprint density at radius 1 is 1.38 bits per heavy atom. The molecule has 0 amide bonds. The van der Waals surface area contributed by atoms with Crippen molar-refractivity contribution in [2.24, 2.45) is 11.3 Å². The maximum atomic E-state index is 12.3. The predicted molar refractivity (Wildman–Crippen MR) is 81.6 cm³/mol. The first kappa shape index (κ1) is 17.5. The van der Waals surface area contributed by atoms with Gasteiger partial charge in [0.1, 0.15) is 4.90 Å². The SMILES string of the molecule is CC(C)C(C)(C)CNS(=O)(=O)c1ccc(C(=O)O)cc1N. The lowest BCUT2D eigenvalue weighted by Crippen LogP contribution is -2.37. The van der Waals surface area contributed by atoms with Gasteiger partial charge < -0.3 is 10.8 Å². The van der Waals surface area contributed by atoms with Crippen LogP contribution in [0.1, 0.15) is 38.1 Å². The van der Waals surface area contributed by atoms with Gasteiger partial charge in [-0.15, -0.1) is 0 Å². The molecule has 0 bridgehead atoms. The summed E-state index contributed by atoms with van der Waals surface area (Å²) in [5.74, 6) is -0.855. The van der Waals surface area contributed by atoms with E-state index in [1.165, 1.54) is 12.1 Å². The van der Waals surface area contributed by atoms with Gasteiger partial charge in [0, 0.05) is 6.54 Å². The Labute approximate surface area is 125 Å². The maximum absolute atomic E-state index is 12.3. The van der Waals surface area contributed by atoms with E-state index in [9.17, 15) is 13.2 Å². The van der Waals surface area contributed by atoms with Crippen molar-refractivity contribution >= 4 is 21.7 Å². The van der Waals surface area contributed by atoms with Gasteiger partial charge in [-0.05, 0) is 29.5 Å². The van der Waals surface area contributed by atoms with Crippen LogP contribution >= 0.6 is 0 Å². The standard InChI is InChI=1S/C14H22N2O4S/c1-9(2)14(3,4)8-16-21(19,20)12-6-5-10(13(17)18)7-11(12)15/h5-7,9,16H,8,15H2,1-4H3,(H,17,18). The number of sulfonamides is 1. The van der Waals surface area contributed by atoms with Crippen molar-refractivity contribution in [2.45, 2.75) is 32.6 Å². The average molecular weight is 314 g/mol. The Bertz CT molecular complexity index is 636. The number of hydrogen-bond donors (Lipinski definition) is 3. The number of carboxylic acids is 1. The molecular formula is C14H22N2O4S. The highest BCUT2D eigenvalue weighted by atomic mass is 32.2. The monoisotopic (exact) mass is 314 g/mol. The molecule has 0 aliphatic rings. The third-order valence-electron chi connectivity index (χ3n) is 3.83. The van der Waals surface area contributed by atoms with Crippen molar-refractivity contribution < 1.29 is 18.3 Å². The van der Waals surface area contributed by atoms with E-state index in [0.717, 1.165) is 6.07 Å². The van der Waals surface area contributed by atoms with Gasteiger partial charge in [-0.3, -0.25) is 0 Å². The predicted octanol–water partition coefficient (Wildman–Crippen LogP) is 1.93. The lowest BCUT2D eigenvalue weighted by atomic mass is 9.81. The minimum atomic E-state index is -3.77. The lowest BCUT2D eigenvalue weighted by Gasteiger charge is -2.29. The van der Waals surface area contributed by atoms with Crippen molar-refractivity contribution in [2.75, 3.05) is 12.3 Å². The molecule has 4 N–H and O–H groups in total. The molecule has 1 aromatic rings. The number of nitrogen functional groups attached to an aromatic ring is 1. The second-order valence-corrected chi connectivity index (χ2v) is 7.76. The molecule has 6 nitrogen and oxygen atoms in total. The van der Waals surface area contributed by atoms with E-state index in [-0.39, 0.29) is 28.1 Å². The molecule has 118 valence electrons. The molecule has 0 spiro atoms. The van der Waals surface area contributed by atoms with Crippen molar-refractivity contribution in [1.29, 1.82) is 0 Å². The van der Waals surface area contributed by atoms with Crippen LogP contribution in [0.5, 0.6) is 0 Å². The van der Waals surface area contributed by atoms with Gasteiger partial charge in [0.2, 0.25) is 10.0 Å². The molecule has 0 aromatic heterocycles. The molecule has 0 fully saturated rings. The number of aromatic carboxylic acids is 1. The second kappa shape index (κ2) is 6.03. The zero-order chi connectivity index (χ0) is 16.4. The van der Waals surface area contributed by atoms with Gasteiger partial charge in [-0.2, -0.15) is 0 Å². The topological polar surface area (TPSA) is 109 Å². The summed E-state index contributed by atoms with van der Waals surface area (Å²) < 4.78 is 27.1. The summed E-state index contributed by atoms with van der Waals surface area (Å²) in [6.45, 7) is 8.25. The first-order valence-corrected chi connectivity index (χ1v) is 8.08. The van der Waals surface area contributed by atoms with Gasteiger partial charge in [0.25, 0.3) is 0 Å². The zero-order valence-electron chi connectivity index (χ0n) is 12.7. The van der Waals surface area contributed by atoms with Gasteiger partial charge >= 0.3 is 5.97 Å².